The predicted molar refractivity (Wildman–Crippen MR) is 130 cm³/mol. The lowest BCUT2D eigenvalue weighted by atomic mass is 9.78. The normalized spacial score (nSPS) is 25.5. The molecule has 3 heterocycles. The number of likely N-dealkylation sites (N-methyl/N-ethyl adjacent to an activating group) is 2. The van der Waals surface area contributed by atoms with Crippen LogP contribution in [0.3, 0.4) is 0 Å². The number of nitrogens with two attached hydrogens (primary N) is 1. The van der Waals surface area contributed by atoms with Crippen LogP contribution in [0, 0.1) is 5.92 Å². The topological polar surface area (TPSA) is 124 Å². The number of nitrogen functional groups attached to an aromatic ring is 1. The minimum atomic E-state index is -0.865. The number of nitrogens with zero attached hydrogens (tertiary/aromatic N) is 5. The lowest BCUT2D eigenvalue weighted by Crippen LogP contribution is -2.47. The van der Waals surface area contributed by atoms with Gasteiger partial charge in [0.05, 0.1) is 0 Å². The first-order valence-corrected chi connectivity index (χ1v) is 12.1. The van der Waals surface area contributed by atoms with Crippen molar-refractivity contribution in [2.24, 2.45) is 5.92 Å². The lowest BCUT2D eigenvalue weighted by molar-refractivity contribution is -0.132. The number of aryl methyl sites for hydroxylation is 1. The van der Waals surface area contributed by atoms with Crippen molar-refractivity contribution < 1.29 is 9.59 Å². The number of anilines is 1. The quantitative estimate of drug-likeness (QED) is 0.647. The summed E-state index contributed by atoms with van der Waals surface area (Å²) >= 11 is 0. The Morgan fingerprint density at radius 3 is 2.38 bits per heavy atom. The van der Waals surface area contributed by atoms with Gasteiger partial charge >= 0.3 is 11.7 Å². The van der Waals surface area contributed by atoms with Gasteiger partial charge in [0.1, 0.15) is 10.9 Å². The van der Waals surface area contributed by atoms with Crippen LogP contribution >= 0.6 is 0 Å². The number of amides is 3. The summed E-state index contributed by atoms with van der Waals surface area (Å²) in [6.07, 6.45) is 6.62. The molecule has 2 aromatic heterocycles. The van der Waals surface area contributed by atoms with Crippen molar-refractivity contribution in [2.45, 2.75) is 76.9 Å². The molecule has 2 aliphatic rings. The van der Waals surface area contributed by atoms with Gasteiger partial charge in [0, 0.05) is 38.6 Å². The number of pyridine rings is 1. The Kier molecular flexibility index (Phi) is 6.26. The Balaban J connectivity index is 1.61. The number of hydrogen-bond donors (Lipinski definition) is 1. The molecule has 10 heteroatoms. The van der Waals surface area contributed by atoms with Gasteiger partial charge in [-0.2, -0.15) is 0 Å². The Hall–Kier alpha value is -3.17. The molecule has 0 unspecified atom stereocenters. The molecule has 34 heavy (non-hydrogen) atoms. The van der Waals surface area contributed by atoms with E-state index in [1.54, 1.807) is 17.7 Å². The fraction of sp³-hybridized carbons (Fsp3) is 0.625. The number of imide groups is 1. The van der Waals surface area contributed by atoms with E-state index >= 15 is 0 Å². The van der Waals surface area contributed by atoms with E-state index in [4.69, 9.17) is 5.73 Å². The zero-order valence-corrected chi connectivity index (χ0v) is 20.4. The summed E-state index contributed by atoms with van der Waals surface area (Å²) < 4.78 is 2.95. The van der Waals surface area contributed by atoms with Gasteiger partial charge in [-0.3, -0.25) is 23.6 Å². The maximum absolute atomic E-state index is 13.4. The van der Waals surface area contributed by atoms with Gasteiger partial charge in [-0.15, -0.1) is 0 Å². The van der Waals surface area contributed by atoms with Crippen LogP contribution in [0.4, 0.5) is 10.5 Å². The van der Waals surface area contributed by atoms with Crippen LogP contribution in [0.5, 0.6) is 0 Å². The zero-order chi connectivity index (χ0) is 24.8. The van der Waals surface area contributed by atoms with Crippen LogP contribution in [-0.4, -0.2) is 55.5 Å². The Labute approximate surface area is 198 Å². The highest BCUT2D eigenvalue weighted by Crippen LogP contribution is 2.39. The molecular formula is C24H34N6O4. The molecule has 0 spiro atoms. The third-order valence-corrected chi connectivity index (χ3v) is 7.77. The van der Waals surface area contributed by atoms with Crippen molar-refractivity contribution in [2.75, 3.05) is 19.8 Å². The second-order valence-corrected chi connectivity index (χ2v) is 9.92. The predicted octanol–water partition coefficient (Wildman–Crippen LogP) is 2.34. The number of unbranched alkanes of at least 4 members (excludes halogenated alkanes) is 1. The van der Waals surface area contributed by atoms with Crippen LogP contribution in [-0.2, 0) is 11.3 Å². The van der Waals surface area contributed by atoms with Crippen LogP contribution in [0.2, 0.25) is 0 Å². The van der Waals surface area contributed by atoms with E-state index in [9.17, 15) is 19.2 Å². The molecule has 1 saturated carbocycles. The summed E-state index contributed by atoms with van der Waals surface area (Å²) in [4.78, 5) is 58.9. The third-order valence-electron chi connectivity index (χ3n) is 7.77. The first-order chi connectivity index (χ1) is 16.1. The van der Waals surface area contributed by atoms with Gasteiger partial charge in [-0.25, -0.2) is 14.6 Å². The number of fused-ring (bicyclic) bond motifs is 1. The highest BCUT2D eigenvalue weighted by Gasteiger charge is 2.51. The number of hydrogen-bond acceptors (Lipinski definition) is 6. The maximum Gasteiger partial charge on any atom is 0.332 e. The number of aromatic nitrogens is 3. The van der Waals surface area contributed by atoms with Gasteiger partial charge in [0.2, 0.25) is 0 Å². The van der Waals surface area contributed by atoms with E-state index in [1.165, 1.54) is 27.6 Å². The van der Waals surface area contributed by atoms with E-state index in [0.717, 1.165) is 25.7 Å². The van der Waals surface area contributed by atoms with Crippen molar-refractivity contribution in [3.63, 3.8) is 0 Å². The molecule has 4 rings (SSSR count). The standard InChI is InChI=1S/C24H34N6O4/c1-5-6-13-29-19-18(17(25)11-12-26-19)20(31)30(23(29)34)16-9-7-15(8-10-16)14-24(2)21(32)27(3)22(33)28(24)4/h11-12,15-16H,5-10,13-14H2,1-4H3,(H2,25,26)/t15?,16?,24-/m1/s1. The van der Waals surface area contributed by atoms with Gasteiger partial charge in [-0.1, -0.05) is 13.3 Å². The second kappa shape index (κ2) is 8.88. The molecule has 3 amide bonds. The number of urea groups is 1. The highest BCUT2D eigenvalue weighted by molar-refractivity contribution is 6.06. The molecule has 0 aromatic carbocycles. The van der Waals surface area contributed by atoms with E-state index in [2.05, 4.69) is 4.98 Å². The van der Waals surface area contributed by atoms with Gasteiger partial charge in [0.15, 0.2) is 5.65 Å². The van der Waals surface area contributed by atoms with Crippen LogP contribution < -0.4 is 17.0 Å². The van der Waals surface area contributed by atoms with Gasteiger partial charge < -0.3 is 10.6 Å². The molecule has 1 saturated heterocycles. The molecule has 0 bridgehead atoms. The molecule has 10 nitrogen and oxygen atoms in total. The molecule has 1 aliphatic heterocycles. The molecule has 2 aromatic rings. The first kappa shape index (κ1) is 24.0. The van der Waals surface area contributed by atoms with E-state index in [-0.39, 0.29) is 35.1 Å². The average Bonchev–Trinajstić information content (AvgIpc) is 2.95. The van der Waals surface area contributed by atoms with Crippen molar-refractivity contribution >= 4 is 28.7 Å². The summed E-state index contributed by atoms with van der Waals surface area (Å²) in [6.45, 7) is 4.34. The molecule has 0 radical (unpaired) electrons. The molecule has 1 atom stereocenters. The van der Waals surface area contributed by atoms with E-state index < -0.39 is 5.54 Å². The SMILES string of the molecule is CCCCn1c(=O)n(C2CCC(C[C@]3(C)C(=O)N(C)C(=O)N3C)CC2)c(=O)c2c(N)ccnc21. The Bertz CT molecular complexity index is 1240. The molecular weight excluding hydrogens is 436 g/mol. The molecule has 1 aliphatic carbocycles. The largest absolute Gasteiger partial charge is 0.398 e. The summed E-state index contributed by atoms with van der Waals surface area (Å²) in [7, 11) is 3.18. The van der Waals surface area contributed by atoms with E-state index in [1.807, 2.05) is 13.8 Å². The van der Waals surface area contributed by atoms with Crippen molar-refractivity contribution in [1.82, 2.24) is 23.9 Å². The minimum Gasteiger partial charge on any atom is -0.398 e. The summed E-state index contributed by atoms with van der Waals surface area (Å²) in [5.41, 5.74) is 5.23. The van der Waals surface area contributed by atoms with Crippen LogP contribution in [0.1, 0.15) is 64.8 Å². The number of carbonyl (C=O) groups is 2. The van der Waals surface area contributed by atoms with Crippen LogP contribution in [0.25, 0.3) is 11.0 Å². The Morgan fingerprint density at radius 1 is 1.12 bits per heavy atom. The summed E-state index contributed by atoms with van der Waals surface area (Å²) in [5.74, 6) is 0.0341. The van der Waals surface area contributed by atoms with Gasteiger partial charge in [0.25, 0.3) is 11.5 Å². The molecule has 184 valence electrons. The monoisotopic (exact) mass is 470 g/mol. The number of carbonyl (C=O) groups excluding carboxylic acids is 2. The highest BCUT2D eigenvalue weighted by atomic mass is 16.2. The molecule has 2 fully saturated rings. The van der Waals surface area contributed by atoms with Crippen molar-refractivity contribution in [1.29, 1.82) is 0 Å². The Morgan fingerprint density at radius 2 is 1.79 bits per heavy atom. The summed E-state index contributed by atoms with van der Waals surface area (Å²) in [5, 5.41) is 0.299. The fourth-order valence-corrected chi connectivity index (χ4v) is 5.58. The lowest BCUT2D eigenvalue weighted by Gasteiger charge is -2.36. The minimum absolute atomic E-state index is 0.186. The summed E-state index contributed by atoms with van der Waals surface area (Å²) in [6, 6.07) is 1.07. The second-order valence-electron chi connectivity index (χ2n) is 9.92. The van der Waals surface area contributed by atoms with Crippen molar-refractivity contribution in [3.05, 3.63) is 33.1 Å². The van der Waals surface area contributed by atoms with Crippen molar-refractivity contribution in [3.8, 4) is 0 Å². The smallest absolute Gasteiger partial charge is 0.332 e. The average molecular weight is 471 g/mol. The first-order valence-electron chi connectivity index (χ1n) is 12.1. The van der Waals surface area contributed by atoms with E-state index in [0.29, 0.717) is 42.5 Å². The molecule has 2 N–H and O–H groups in total. The number of rotatable bonds is 6. The zero-order valence-electron chi connectivity index (χ0n) is 20.4. The van der Waals surface area contributed by atoms with Crippen LogP contribution in [0.15, 0.2) is 21.9 Å². The van der Waals surface area contributed by atoms with Gasteiger partial charge in [-0.05, 0) is 57.4 Å². The fourth-order valence-electron chi connectivity index (χ4n) is 5.58. The maximum atomic E-state index is 13.4. The third kappa shape index (κ3) is 3.69.